The number of hydrogen-bond donors (Lipinski definition) is 0. The number of hydrogen-bond acceptors (Lipinski definition) is 1. The van der Waals surface area contributed by atoms with Crippen molar-refractivity contribution >= 4 is 5.91 Å². The molecular formula is C13H19N2O+. The van der Waals surface area contributed by atoms with Crippen LogP contribution < -0.4 is 4.57 Å². The third-order valence-corrected chi connectivity index (χ3v) is 3.22. The van der Waals surface area contributed by atoms with Crippen LogP contribution in [0.2, 0.25) is 0 Å². The van der Waals surface area contributed by atoms with Crippen LogP contribution in [0.3, 0.4) is 0 Å². The summed E-state index contributed by atoms with van der Waals surface area (Å²) in [6.07, 6.45) is 5.30. The summed E-state index contributed by atoms with van der Waals surface area (Å²) in [6.45, 7) is 7.62. The Morgan fingerprint density at radius 1 is 1.44 bits per heavy atom. The van der Waals surface area contributed by atoms with Gasteiger partial charge in [-0.1, -0.05) is 0 Å². The van der Waals surface area contributed by atoms with Crippen molar-refractivity contribution in [1.82, 2.24) is 4.90 Å². The molecule has 1 aromatic rings. The van der Waals surface area contributed by atoms with Crippen LogP contribution in [0.25, 0.3) is 0 Å². The van der Waals surface area contributed by atoms with Gasteiger partial charge in [-0.2, -0.15) is 0 Å². The normalized spacial score (nSPS) is 15.1. The lowest BCUT2D eigenvalue weighted by Gasteiger charge is -2.27. The zero-order valence-corrected chi connectivity index (χ0v) is 10.2. The van der Waals surface area contributed by atoms with E-state index in [9.17, 15) is 4.79 Å². The van der Waals surface area contributed by atoms with Crippen LogP contribution in [0.5, 0.6) is 0 Å². The second kappa shape index (κ2) is 4.24. The van der Waals surface area contributed by atoms with E-state index in [2.05, 4.69) is 36.9 Å². The van der Waals surface area contributed by atoms with Gasteiger partial charge in [-0.15, -0.1) is 0 Å². The van der Waals surface area contributed by atoms with E-state index in [4.69, 9.17) is 0 Å². The highest BCUT2D eigenvalue weighted by atomic mass is 16.2. The van der Waals surface area contributed by atoms with Gasteiger partial charge in [0.05, 0.1) is 0 Å². The summed E-state index contributed by atoms with van der Waals surface area (Å²) in [7, 11) is 0. The highest BCUT2D eigenvalue weighted by molar-refractivity contribution is 5.73. The molecular weight excluding hydrogens is 200 g/mol. The fraction of sp³-hybridized carbons (Fsp3) is 0.538. The highest BCUT2D eigenvalue weighted by Crippen LogP contribution is 2.17. The van der Waals surface area contributed by atoms with Crippen LogP contribution in [0, 0.1) is 0 Å². The van der Waals surface area contributed by atoms with Crippen molar-refractivity contribution in [1.29, 1.82) is 0 Å². The van der Waals surface area contributed by atoms with E-state index < -0.39 is 0 Å². The molecule has 3 nitrogen and oxygen atoms in total. The first-order valence-electron chi connectivity index (χ1n) is 5.86. The van der Waals surface area contributed by atoms with Crippen molar-refractivity contribution in [3.63, 3.8) is 0 Å². The smallest absolute Gasteiger partial charge is 0.219 e. The Hall–Kier alpha value is -1.38. The molecule has 0 aromatic carbocycles. The predicted molar refractivity (Wildman–Crippen MR) is 61.8 cm³/mol. The van der Waals surface area contributed by atoms with Gasteiger partial charge in [0.1, 0.15) is 0 Å². The van der Waals surface area contributed by atoms with E-state index >= 15 is 0 Å². The molecule has 0 aliphatic carbocycles. The van der Waals surface area contributed by atoms with Gasteiger partial charge in [-0.25, -0.2) is 4.57 Å². The molecule has 0 atom stereocenters. The van der Waals surface area contributed by atoms with Crippen LogP contribution in [-0.4, -0.2) is 17.4 Å². The fourth-order valence-corrected chi connectivity index (χ4v) is 2.10. The molecule has 0 N–H and O–H groups in total. The number of fused-ring (bicyclic) bond motifs is 1. The standard InChI is InChI=1S/C13H19N2O/c1-10(2)14-6-4-13-9-15(11(3)16)7-5-12(13)8-14/h4,6,8,10H,5,7,9H2,1-3H3/q+1. The summed E-state index contributed by atoms with van der Waals surface area (Å²) < 4.78 is 2.22. The van der Waals surface area contributed by atoms with Crippen molar-refractivity contribution in [2.45, 2.75) is 39.8 Å². The van der Waals surface area contributed by atoms with Crippen LogP contribution >= 0.6 is 0 Å². The van der Waals surface area contributed by atoms with E-state index in [1.54, 1.807) is 6.92 Å². The first kappa shape index (κ1) is 11.1. The van der Waals surface area contributed by atoms with Crippen LogP contribution in [0.15, 0.2) is 18.5 Å². The van der Waals surface area contributed by atoms with E-state index in [-0.39, 0.29) is 5.91 Å². The van der Waals surface area contributed by atoms with E-state index in [0.717, 1.165) is 19.5 Å². The molecule has 16 heavy (non-hydrogen) atoms. The molecule has 1 aromatic heterocycles. The average Bonchev–Trinajstić information content (AvgIpc) is 2.27. The summed E-state index contributed by atoms with van der Waals surface area (Å²) in [4.78, 5) is 13.2. The maximum atomic E-state index is 11.3. The third-order valence-electron chi connectivity index (χ3n) is 3.22. The number of rotatable bonds is 1. The number of amides is 1. The number of pyridine rings is 1. The van der Waals surface area contributed by atoms with Crippen LogP contribution in [0.1, 0.15) is 37.9 Å². The van der Waals surface area contributed by atoms with Gasteiger partial charge in [0, 0.05) is 31.6 Å². The molecule has 2 rings (SSSR count). The van der Waals surface area contributed by atoms with Gasteiger partial charge in [-0.05, 0) is 25.8 Å². The number of aromatic nitrogens is 1. The number of carbonyl (C=O) groups is 1. The van der Waals surface area contributed by atoms with Crippen molar-refractivity contribution in [2.24, 2.45) is 0 Å². The second-order valence-corrected chi connectivity index (χ2v) is 4.73. The van der Waals surface area contributed by atoms with Gasteiger partial charge in [0.2, 0.25) is 5.91 Å². The minimum absolute atomic E-state index is 0.172. The third kappa shape index (κ3) is 2.08. The second-order valence-electron chi connectivity index (χ2n) is 4.73. The quantitative estimate of drug-likeness (QED) is 0.656. The zero-order chi connectivity index (χ0) is 11.7. The van der Waals surface area contributed by atoms with Crippen molar-refractivity contribution in [2.75, 3.05) is 6.54 Å². The van der Waals surface area contributed by atoms with Crippen molar-refractivity contribution < 1.29 is 9.36 Å². The highest BCUT2D eigenvalue weighted by Gasteiger charge is 2.21. The van der Waals surface area contributed by atoms with E-state index in [1.165, 1.54) is 11.1 Å². The first-order chi connectivity index (χ1) is 7.58. The molecule has 0 saturated carbocycles. The molecule has 0 saturated heterocycles. The molecule has 1 aliphatic rings. The predicted octanol–water partition coefficient (Wildman–Crippen LogP) is 1.46. The molecule has 1 amide bonds. The van der Waals surface area contributed by atoms with Crippen molar-refractivity contribution in [3.8, 4) is 0 Å². The van der Waals surface area contributed by atoms with E-state index in [1.807, 2.05) is 4.90 Å². The molecule has 0 bridgehead atoms. The summed E-state index contributed by atoms with van der Waals surface area (Å²) in [5.41, 5.74) is 2.67. The maximum Gasteiger partial charge on any atom is 0.219 e. The first-order valence-corrected chi connectivity index (χ1v) is 5.86. The summed E-state index contributed by atoms with van der Waals surface area (Å²) in [5.74, 6) is 0.172. The average molecular weight is 219 g/mol. The van der Waals surface area contributed by atoms with Crippen LogP contribution in [0.4, 0.5) is 0 Å². The minimum atomic E-state index is 0.172. The Morgan fingerprint density at radius 3 is 2.81 bits per heavy atom. The number of carbonyl (C=O) groups excluding carboxylic acids is 1. The molecule has 0 radical (unpaired) electrons. The molecule has 86 valence electrons. The topological polar surface area (TPSA) is 24.2 Å². The Morgan fingerprint density at radius 2 is 2.19 bits per heavy atom. The Bertz CT molecular complexity index is 412. The summed E-state index contributed by atoms with van der Waals surface area (Å²) >= 11 is 0. The lowest BCUT2D eigenvalue weighted by atomic mass is 10.0. The molecule has 3 heteroatoms. The minimum Gasteiger partial charge on any atom is -0.338 e. The van der Waals surface area contributed by atoms with Crippen molar-refractivity contribution in [3.05, 3.63) is 29.6 Å². The SMILES string of the molecule is CC(=O)N1CCc2c[n+](C(C)C)ccc2C1. The Labute approximate surface area is 96.7 Å². The lowest BCUT2D eigenvalue weighted by molar-refractivity contribution is -0.716. The molecule has 0 unspecified atom stereocenters. The molecule has 2 heterocycles. The maximum absolute atomic E-state index is 11.3. The number of nitrogens with zero attached hydrogens (tertiary/aromatic N) is 2. The molecule has 1 aliphatic heterocycles. The molecule has 0 fully saturated rings. The zero-order valence-electron chi connectivity index (χ0n) is 10.2. The Balaban J connectivity index is 2.25. The van der Waals surface area contributed by atoms with E-state index in [0.29, 0.717) is 6.04 Å². The Kier molecular flexibility index (Phi) is 2.95. The van der Waals surface area contributed by atoms with Crippen LogP contribution in [-0.2, 0) is 17.8 Å². The van der Waals surface area contributed by atoms with Gasteiger partial charge >= 0.3 is 0 Å². The summed E-state index contributed by atoms with van der Waals surface area (Å²) in [5, 5.41) is 0. The van der Waals surface area contributed by atoms with Gasteiger partial charge in [0.15, 0.2) is 18.4 Å². The monoisotopic (exact) mass is 219 g/mol. The van der Waals surface area contributed by atoms with Gasteiger partial charge in [-0.3, -0.25) is 4.79 Å². The largest absolute Gasteiger partial charge is 0.338 e. The summed E-state index contributed by atoms with van der Waals surface area (Å²) in [6, 6.07) is 2.64. The van der Waals surface area contributed by atoms with Gasteiger partial charge in [0.25, 0.3) is 0 Å². The lowest BCUT2D eigenvalue weighted by Crippen LogP contribution is -2.40. The van der Waals surface area contributed by atoms with Gasteiger partial charge < -0.3 is 4.90 Å². The fourth-order valence-electron chi connectivity index (χ4n) is 2.10. The molecule has 0 spiro atoms.